The van der Waals surface area contributed by atoms with Crippen LogP contribution in [0.1, 0.15) is 24.8 Å². The van der Waals surface area contributed by atoms with Crippen LogP contribution in [0.4, 0.5) is 0 Å². The van der Waals surface area contributed by atoms with Gasteiger partial charge < -0.3 is 36.6 Å². The zero-order valence-corrected chi connectivity index (χ0v) is 17.2. The van der Waals surface area contributed by atoms with Crippen molar-refractivity contribution in [1.29, 1.82) is 0 Å². The van der Waals surface area contributed by atoms with E-state index in [1.807, 2.05) is 0 Å². The average Bonchev–Trinajstić information content (AvgIpc) is 3.22. The van der Waals surface area contributed by atoms with Crippen LogP contribution < -0.4 is 16.4 Å². The van der Waals surface area contributed by atoms with Gasteiger partial charge in [0, 0.05) is 13.0 Å². The van der Waals surface area contributed by atoms with Crippen LogP contribution >= 0.6 is 0 Å². The maximum absolute atomic E-state index is 12.7. The average molecular weight is 450 g/mol. The molecule has 0 saturated carbocycles. The summed E-state index contributed by atoms with van der Waals surface area (Å²) in [6.45, 7) is -0.199. The predicted octanol–water partition coefficient (Wildman–Crippen LogP) is -1.59. The van der Waals surface area contributed by atoms with Crippen molar-refractivity contribution in [1.82, 2.24) is 15.5 Å². The summed E-state index contributed by atoms with van der Waals surface area (Å²) in [5.74, 6) is -4.55. The third-order valence-electron chi connectivity index (χ3n) is 5.01. The first-order valence-electron chi connectivity index (χ1n) is 9.94. The Morgan fingerprint density at radius 3 is 2.34 bits per heavy atom. The molecular formula is C20H26N4O8. The highest BCUT2D eigenvalue weighted by molar-refractivity contribution is 5.93. The first-order valence-corrected chi connectivity index (χ1v) is 9.94. The van der Waals surface area contributed by atoms with Crippen LogP contribution in [0.25, 0.3) is 0 Å². The van der Waals surface area contributed by atoms with Crippen molar-refractivity contribution in [3.63, 3.8) is 0 Å². The van der Waals surface area contributed by atoms with Crippen molar-refractivity contribution in [2.45, 2.75) is 43.8 Å². The number of likely N-dealkylation sites (tertiary alicyclic amines) is 1. The zero-order chi connectivity index (χ0) is 23.8. The molecule has 0 spiro atoms. The molecule has 3 amide bonds. The minimum Gasteiger partial charge on any atom is -0.508 e. The molecule has 32 heavy (non-hydrogen) atoms. The first kappa shape index (κ1) is 24.6. The highest BCUT2D eigenvalue weighted by Crippen LogP contribution is 2.17. The minimum atomic E-state index is -1.38. The Hall–Kier alpha value is -3.67. The molecule has 12 nitrogen and oxygen atoms in total. The molecule has 1 fully saturated rings. The number of carboxylic acid groups (broad SMARTS) is 2. The van der Waals surface area contributed by atoms with E-state index in [0.29, 0.717) is 18.4 Å². The summed E-state index contributed by atoms with van der Waals surface area (Å²) in [5.41, 5.74) is 6.13. The van der Waals surface area contributed by atoms with Gasteiger partial charge in [-0.1, -0.05) is 12.1 Å². The molecule has 1 aliphatic rings. The fourth-order valence-corrected chi connectivity index (χ4v) is 3.35. The van der Waals surface area contributed by atoms with Crippen molar-refractivity contribution < 1.29 is 39.3 Å². The number of hydrogen-bond donors (Lipinski definition) is 6. The van der Waals surface area contributed by atoms with E-state index in [1.165, 1.54) is 29.2 Å². The van der Waals surface area contributed by atoms with Gasteiger partial charge in [-0.3, -0.25) is 19.2 Å². The first-order chi connectivity index (χ1) is 15.1. The Morgan fingerprint density at radius 1 is 1.09 bits per heavy atom. The molecule has 7 N–H and O–H groups in total. The Labute approximate surface area is 183 Å². The molecule has 0 bridgehead atoms. The molecule has 1 saturated heterocycles. The third kappa shape index (κ3) is 6.94. The van der Waals surface area contributed by atoms with Crippen molar-refractivity contribution in [2.24, 2.45) is 5.73 Å². The lowest BCUT2D eigenvalue weighted by atomic mass is 10.0. The molecule has 12 heteroatoms. The van der Waals surface area contributed by atoms with Crippen molar-refractivity contribution >= 4 is 29.7 Å². The van der Waals surface area contributed by atoms with Crippen molar-refractivity contribution in [3.8, 4) is 5.75 Å². The summed E-state index contributed by atoms with van der Waals surface area (Å²) in [4.78, 5) is 60.6. The molecule has 2 rings (SSSR count). The van der Waals surface area contributed by atoms with Crippen LogP contribution in [0.15, 0.2) is 24.3 Å². The number of aromatic hydroxyl groups is 1. The number of carboxylic acids is 2. The number of phenols is 1. The highest BCUT2D eigenvalue weighted by Gasteiger charge is 2.34. The van der Waals surface area contributed by atoms with Crippen molar-refractivity contribution in [3.05, 3.63) is 29.8 Å². The van der Waals surface area contributed by atoms with Gasteiger partial charge in [0.25, 0.3) is 0 Å². The van der Waals surface area contributed by atoms with Gasteiger partial charge in [0.05, 0.1) is 19.0 Å². The second kappa shape index (κ2) is 11.1. The number of rotatable bonds is 10. The maximum atomic E-state index is 12.7. The molecule has 1 heterocycles. The van der Waals surface area contributed by atoms with Crippen LogP contribution in [0.5, 0.6) is 5.75 Å². The van der Waals surface area contributed by atoms with E-state index in [0.717, 1.165) is 0 Å². The number of aliphatic carboxylic acids is 2. The summed E-state index contributed by atoms with van der Waals surface area (Å²) < 4.78 is 0. The quantitative estimate of drug-likeness (QED) is 0.243. The molecule has 0 aliphatic carbocycles. The Bertz CT molecular complexity index is 873. The van der Waals surface area contributed by atoms with E-state index >= 15 is 0 Å². The Kier molecular flexibility index (Phi) is 8.53. The normalized spacial score (nSPS) is 17.3. The van der Waals surface area contributed by atoms with Gasteiger partial charge in [-0.05, 0) is 30.5 Å². The molecule has 3 unspecified atom stereocenters. The van der Waals surface area contributed by atoms with Gasteiger partial charge in [-0.25, -0.2) is 4.79 Å². The predicted molar refractivity (Wildman–Crippen MR) is 109 cm³/mol. The summed E-state index contributed by atoms with van der Waals surface area (Å²) in [7, 11) is 0. The van der Waals surface area contributed by atoms with Crippen LogP contribution in [-0.4, -0.2) is 81.1 Å². The summed E-state index contributed by atoms with van der Waals surface area (Å²) in [6.07, 6.45) is 0.213. The van der Waals surface area contributed by atoms with Crippen LogP contribution in [0.3, 0.4) is 0 Å². The molecular weight excluding hydrogens is 424 g/mol. The Balaban J connectivity index is 2.06. The monoisotopic (exact) mass is 450 g/mol. The number of amides is 3. The van der Waals surface area contributed by atoms with E-state index < -0.39 is 60.8 Å². The highest BCUT2D eigenvalue weighted by atomic mass is 16.4. The van der Waals surface area contributed by atoms with Gasteiger partial charge in [0.1, 0.15) is 17.8 Å². The van der Waals surface area contributed by atoms with Crippen LogP contribution in [0.2, 0.25) is 0 Å². The number of nitrogens with zero attached hydrogens (tertiary/aromatic N) is 1. The van der Waals surface area contributed by atoms with Crippen LogP contribution in [0, 0.1) is 0 Å². The number of carbonyl (C=O) groups excluding carboxylic acids is 3. The lowest BCUT2D eigenvalue weighted by Gasteiger charge is -2.23. The summed E-state index contributed by atoms with van der Waals surface area (Å²) in [6, 6.07) is 2.34. The van der Waals surface area contributed by atoms with Gasteiger partial charge in [0.2, 0.25) is 17.7 Å². The molecule has 1 aromatic rings. The lowest BCUT2D eigenvalue weighted by molar-refractivity contribution is -0.148. The molecule has 0 radical (unpaired) electrons. The maximum Gasteiger partial charge on any atom is 0.326 e. The fraction of sp³-hybridized carbons (Fsp3) is 0.450. The van der Waals surface area contributed by atoms with E-state index in [4.69, 9.17) is 10.8 Å². The van der Waals surface area contributed by atoms with Crippen molar-refractivity contribution in [2.75, 3.05) is 13.1 Å². The van der Waals surface area contributed by atoms with Gasteiger partial charge in [-0.15, -0.1) is 0 Å². The summed E-state index contributed by atoms with van der Waals surface area (Å²) in [5, 5.41) is 32.2. The smallest absolute Gasteiger partial charge is 0.326 e. The molecule has 174 valence electrons. The number of nitrogens with two attached hydrogens (primary N) is 1. The second-order valence-electron chi connectivity index (χ2n) is 7.44. The summed E-state index contributed by atoms with van der Waals surface area (Å²) >= 11 is 0. The second-order valence-corrected chi connectivity index (χ2v) is 7.44. The fourth-order valence-electron chi connectivity index (χ4n) is 3.35. The number of benzene rings is 1. The van der Waals surface area contributed by atoms with E-state index in [1.54, 1.807) is 0 Å². The molecule has 0 aromatic heterocycles. The number of hydrogen-bond acceptors (Lipinski definition) is 7. The largest absolute Gasteiger partial charge is 0.508 e. The standard InChI is InChI=1S/C20H26N4O8/c21-13(9-17(27)28)18(29)23-14(8-11-3-5-12(25)6-4-11)19(30)22-10-16(26)24-7-1-2-15(24)20(31)32/h3-6,13-15,25H,1-2,7-10,21H2,(H,22,30)(H,23,29)(H,27,28)(H,31,32). The number of carbonyl (C=O) groups is 5. The molecule has 1 aromatic carbocycles. The van der Waals surface area contributed by atoms with Crippen LogP contribution in [-0.2, 0) is 30.4 Å². The van der Waals surface area contributed by atoms with E-state index in [2.05, 4.69) is 10.6 Å². The number of phenolic OH excluding ortho intramolecular Hbond substituents is 1. The molecule has 1 aliphatic heterocycles. The van der Waals surface area contributed by atoms with Gasteiger partial charge >= 0.3 is 11.9 Å². The third-order valence-corrected chi connectivity index (χ3v) is 5.01. The molecule has 3 atom stereocenters. The topological polar surface area (TPSA) is 199 Å². The van der Waals surface area contributed by atoms with Gasteiger partial charge in [0.15, 0.2) is 0 Å². The minimum absolute atomic E-state index is 0.00598. The van der Waals surface area contributed by atoms with E-state index in [-0.39, 0.29) is 18.7 Å². The Morgan fingerprint density at radius 2 is 1.75 bits per heavy atom. The lowest BCUT2D eigenvalue weighted by Crippen LogP contribution is -2.54. The van der Waals surface area contributed by atoms with Gasteiger partial charge in [-0.2, -0.15) is 0 Å². The SMILES string of the molecule is NC(CC(=O)O)C(=O)NC(Cc1ccc(O)cc1)C(=O)NCC(=O)N1CCCC1C(=O)O. The zero-order valence-electron chi connectivity index (χ0n) is 17.2. The number of nitrogens with one attached hydrogen (secondary N) is 2. The van der Waals surface area contributed by atoms with E-state index in [9.17, 15) is 34.2 Å².